The van der Waals surface area contributed by atoms with Crippen molar-refractivity contribution in [3.05, 3.63) is 35.6 Å². The van der Waals surface area contributed by atoms with Gasteiger partial charge >= 0.3 is 6.03 Å². The molecule has 0 aromatic heterocycles. The van der Waals surface area contributed by atoms with E-state index in [1.54, 1.807) is 12.1 Å². The molecule has 4 heteroatoms. The van der Waals surface area contributed by atoms with Crippen molar-refractivity contribution in [2.75, 3.05) is 6.54 Å². The molecule has 16 heavy (non-hydrogen) atoms. The van der Waals surface area contributed by atoms with Crippen molar-refractivity contribution < 1.29 is 9.18 Å². The van der Waals surface area contributed by atoms with E-state index >= 15 is 0 Å². The summed E-state index contributed by atoms with van der Waals surface area (Å²) in [6.07, 6.45) is 0. The Bertz CT molecular complexity index is 353. The summed E-state index contributed by atoms with van der Waals surface area (Å²) in [7, 11) is 0. The van der Waals surface area contributed by atoms with Gasteiger partial charge in [0.2, 0.25) is 0 Å². The van der Waals surface area contributed by atoms with Crippen LogP contribution >= 0.6 is 0 Å². The van der Waals surface area contributed by atoms with Gasteiger partial charge in [-0.2, -0.15) is 0 Å². The van der Waals surface area contributed by atoms with E-state index in [9.17, 15) is 9.18 Å². The normalized spacial score (nSPS) is 10.2. The molecule has 0 aliphatic carbocycles. The Morgan fingerprint density at radius 1 is 1.38 bits per heavy atom. The zero-order chi connectivity index (χ0) is 12.0. The molecule has 0 unspecified atom stereocenters. The lowest BCUT2D eigenvalue weighted by Gasteiger charge is -2.09. The molecule has 2 N–H and O–H groups in total. The van der Waals surface area contributed by atoms with Gasteiger partial charge in [0.1, 0.15) is 5.82 Å². The third-order valence-corrected chi connectivity index (χ3v) is 2.01. The van der Waals surface area contributed by atoms with Crippen molar-refractivity contribution in [1.82, 2.24) is 10.6 Å². The van der Waals surface area contributed by atoms with Crippen LogP contribution in [0.2, 0.25) is 0 Å². The van der Waals surface area contributed by atoms with E-state index in [4.69, 9.17) is 0 Å². The zero-order valence-electron chi connectivity index (χ0n) is 9.59. The van der Waals surface area contributed by atoms with Crippen molar-refractivity contribution in [1.29, 1.82) is 0 Å². The molecule has 0 bridgehead atoms. The van der Waals surface area contributed by atoms with E-state index in [1.165, 1.54) is 12.1 Å². The van der Waals surface area contributed by atoms with Crippen LogP contribution in [0.5, 0.6) is 0 Å². The van der Waals surface area contributed by atoms with Gasteiger partial charge in [0.15, 0.2) is 0 Å². The Morgan fingerprint density at radius 2 is 2.12 bits per heavy atom. The Labute approximate surface area is 95.0 Å². The van der Waals surface area contributed by atoms with Gasteiger partial charge in [0.25, 0.3) is 0 Å². The number of urea groups is 1. The molecule has 1 aromatic rings. The molecule has 88 valence electrons. The van der Waals surface area contributed by atoms with Gasteiger partial charge in [-0.3, -0.25) is 0 Å². The van der Waals surface area contributed by atoms with Crippen molar-refractivity contribution in [3.8, 4) is 0 Å². The lowest BCUT2D eigenvalue weighted by atomic mass is 10.2. The molecule has 0 aliphatic heterocycles. The minimum absolute atomic E-state index is 0.224. The minimum atomic E-state index is -0.290. The second-order valence-corrected chi connectivity index (χ2v) is 4.09. The summed E-state index contributed by atoms with van der Waals surface area (Å²) < 4.78 is 12.8. The first-order valence-corrected chi connectivity index (χ1v) is 5.34. The number of amides is 2. The Hall–Kier alpha value is -1.58. The second-order valence-electron chi connectivity index (χ2n) is 4.09. The average Bonchev–Trinajstić information content (AvgIpc) is 2.23. The maximum atomic E-state index is 12.8. The van der Waals surface area contributed by atoms with E-state index in [0.29, 0.717) is 19.0 Å². The molecule has 1 rings (SSSR count). The first-order chi connectivity index (χ1) is 7.58. The van der Waals surface area contributed by atoms with Crippen LogP contribution in [0.25, 0.3) is 0 Å². The van der Waals surface area contributed by atoms with Gasteiger partial charge in [0, 0.05) is 13.1 Å². The number of hydrogen-bond acceptors (Lipinski definition) is 1. The maximum Gasteiger partial charge on any atom is 0.315 e. The highest BCUT2D eigenvalue weighted by Crippen LogP contribution is 2.02. The number of nitrogens with one attached hydrogen (secondary N) is 2. The molecule has 0 heterocycles. The fourth-order valence-electron chi connectivity index (χ4n) is 1.19. The molecule has 0 spiro atoms. The highest BCUT2D eigenvalue weighted by atomic mass is 19.1. The smallest absolute Gasteiger partial charge is 0.315 e. The van der Waals surface area contributed by atoms with Crippen LogP contribution in [0, 0.1) is 11.7 Å². The first kappa shape index (κ1) is 12.5. The summed E-state index contributed by atoms with van der Waals surface area (Å²) in [5.74, 6) is 0.127. The topological polar surface area (TPSA) is 41.1 Å². The van der Waals surface area contributed by atoms with E-state index in [0.717, 1.165) is 5.56 Å². The van der Waals surface area contributed by atoms with Crippen LogP contribution in [0.1, 0.15) is 19.4 Å². The molecule has 1 aromatic carbocycles. The van der Waals surface area contributed by atoms with Gasteiger partial charge in [-0.05, 0) is 23.6 Å². The van der Waals surface area contributed by atoms with Crippen molar-refractivity contribution in [2.45, 2.75) is 20.4 Å². The molecule has 0 aliphatic rings. The van der Waals surface area contributed by atoms with E-state index in [2.05, 4.69) is 10.6 Å². The summed E-state index contributed by atoms with van der Waals surface area (Å²) >= 11 is 0. The van der Waals surface area contributed by atoms with E-state index < -0.39 is 0 Å². The van der Waals surface area contributed by atoms with Gasteiger partial charge in [-0.25, -0.2) is 9.18 Å². The number of carbonyl (C=O) groups excluding carboxylic acids is 1. The fourth-order valence-corrected chi connectivity index (χ4v) is 1.19. The largest absolute Gasteiger partial charge is 0.338 e. The maximum absolute atomic E-state index is 12.8. The van der Waals surface area contributed by atoms with Crippen LogP contribution in [0.15, 0.2) is 24.3 Å². The SMILES string of the molecule is CC(C)CNC(=O)NCc1cccc(F)c1. The van der Waals surface area contributed by atoms with E-state index in [-0.39, 0.29) is 11.8 Å². The van der Waals surface area contributed by atoms with Crippen LogP contribution in [0.4, 0.5) is 9.18 Å². The molecular formula is C12H17FN2O. The fraction of sp³-hybridized carbons (Fsp3) is 0.417. The molecule has 0 saturated carbocycles. The second kappa shape index (κ2) is 6.10. The number of hydrogen-bond donors (Lipinski definition) is 2. The Morgan fingerprint density at radius 3 is 2.75 bits per heavy atom. The molecular weight excluding hydrogens is 207 g/mol. The van der Waals surface area contributed by atoms with Crippen molar-refractivity contribution in [3.63, 3.8) is 0 Å². The Kier molecular flexibility index (Phi) is 4.76. The van der Waals surface area contributed by atoms with Crippen molar-refractivity contribution in [2.24, 2.45) is 5.92 Å². The summed E-state index contributed by atoms with van der Waals surface area (Å²) in [6.45, 7) is 5.01. The third kappa shape index (κ3) is 4.77. The van der Waals surface area contributed by atoms with Crippen LogP contribution < -0.4 is 10.6 Å². The molecule has 2 amide bonds. The summed E-state index contributed by atoms with van der Waals surface area (Å²) in [5.41, 5.74) is 0.750. The molecule has 0 radical (unpaired) electrons. The molecule has 3 nitrogen and oxygen atoms in total. The minimum Gasteiger partial charge on any atom is -0.338 e. The van der Waals surface area contributed by atoms with Crippen LogP contribution in [-0.2, 0) is 6.54 Å². The summed E-state index contributed by atoms with van der Waals surface area (Å²) in [6, 6.07) is 5.95. The number of carbonyl (C=O) groups is 1. The van der Waals surface area contributed by atoms with Gasteiger partial charge in [-0.1, -0.05) is 26.0 Å². The van der Waals surface area contributed by atoms with Crippen LogP contribution in [0.3, 0.4) is 0 Å². The molecule has 0 atom stereocenters. The number of halogens is 1. The standard InChI is InChI=1S/C12H17FN2O/c1-9(2)7-14-12(16)15-8-10-4-3-5-11(13)6-10/h3-6,9H,7-8H2,1-2H3,(H2,14,15,16). The average molecular weight is 224 g/mol. The van der Waals surface area contributed by atoms with E-state index in [1.807, 2.05) is 13.8 Å². The highest BCUT2D eigenvalue weighted by molar-refractivity contribution is 5.73. The zero-order valence-corrected chi connectivity index (χ0v) is 9.59. The summed E-state index contributed by atoms with van der Waals surface area (Å²) in [4.78, 5) is 11.3. The highest BCUT2D eigenvalue weighted by Gasteiger charge is 2.01. The predicted molar refractivity (Wildman–Crippen MR) is 61.5 cm³/mol. The lowest BCUT2D eigenvalue weighted by molar-refractivity contribution is 0.239. The third-order valence-electron chi connectivity index (χ3n) is 2.01. The number of rotatable bonds is 4. The quantitative estimate of drug-likeness (QED) is 0.809. The summed E-state index contributed by atoms with van der Waals surface area (Å²) in [5, 5.41) is 5.39. The number of benzene rings is 1. The van der Waals surface area contributed by atoms with Gasteiger partial charge in [-0.15, -0.1) is 0 Å². The van der Waals surface area contributed by atoms with Crippen LogP contribution in [-0.4, -0.2) is 12.6 Å². The van der Waals surface area contributed by atoms with Gasteiger partial charge < -0.3 is 10.6 Å². The van der Waals surface area contributed by atoms with Gasteiger partial charge in [0.05, 0.1) is 0 Å². The molecule has 0 saturated heterocycles. The Balaban J connectivity index is 2.31. The lowest BCUT2D eigenvalue weighted by Crippen LogP contribution is -2.37. The molecule has 0 fully saturated rings. The monoisotopic (exact) mass is 224 g/mol. The predicted octanol–water partition coefficient (Wildman–Crippen LogP) is 2.28. The van der Waals surface area contributed by atoms with Crippen molar-refractivity contribution >= 4 is 6.03 Å². The first-order valence-electron chi connectivity index (χ1n) is 5.34.